The fourth-order valence-electron chi connectivity index (χ4n) is 2.56. The van der Waals surface area contributed by atoms with Crippen molar-refractivity contribution in [3.05, 3.63) is 35.7 Å². The molecule has 0 radical (unpaired) electrons. The van der Waals surface area contributed by atoms with Crippen molar-refractivity contribution in [1.82, 2.24) is 9.62 Å². The summed E-state index contributed by atoms with van der Waals surface area (Å²) in [6, 6.07) is 5.23. The van der Waals surface area contributed by atoms with Crippen molar-refractivity contribution in [2.75, 3.05) is 25.4 Å². The number of piperidine rings is 1. The van der Waals surface area contributed by atoms with Gasteiger partial charge in [-0.3, -0.25) is 4.79 Å². The molecule has 3 N–H and O–H groups in total. The van der Waals surface area contributed by atoms with Gasteiger partial charge in [-0.2, -0.15) is 0 Å². The van der Waals surface area contributed by atoms with Crippen molar-refractivity contribution in [2.45, 2.75) is 25.8 Å². The quantitative estimate of drug-likeness (QED) is 0.743. The van der Waals surface area contributed by atoms with Crippen molar-refractivity contribution < 1.29 is 17.9 Å². The van der Waals surface area contributed by atoms with Gasteiger partial charge in [-0.1, -0.05) is 12.6 Å². The first-order valence-electron chi connectivity index (χ1n) is 7.72. The van der Waals surface area contributed by atoms with Crippen LogP contribution in [0.5, 0.6) is 5.75 Å². The highest BCUT2D eigenvalue weighted by atomic mass is 32.2. The predicted molar refractivity (Wildman–Crippen MR) is 92.9 cm³/mol. The summed E-state index contributed by atoms with van der Waals surface area (Å²) in [5.74, 6) is 0.350. The first-order valence-corrected chi connectivity index (χ1v) is 9.27. The van der Waals surface area contributed by atoms with E-state index in [1.54, 1.807) is 17.0 Å². The molecule has 1 saturated heterocycles. The topological polar surface area (TPSA) is 102 Å². The highest BCUT2D eigenvalue weighted by Crippen LogP contribution is 2.22. The molecule has 132 valence electrons. The third-order valence-electron chi connectivity index (χ3n) is 3.91. The van der Waals surface area contributed by atoms with E-state index in [0.29, 0.717) is 37.4 Å². The lowest BCUT2D eigenvalue weighted by molar-refractivity contribution is -0.134. The monoisotopic (exact) mass is 353 g/mol. The Morgan fingerprint density at radius 2 is 2.12 bits per heavy atom. The Labute approximate surface area is 142 Å². The zero-order valence-electron chi connectivity index (χ0n) is 13.7. The fourth-order valence-corrected chi connectivity index (χ4v) is 3.35. The summed E-state index contributed by atoms with van der Waals surface area (Å²) < 4.78 is 30.9. The van der Waals surface area contributed by atoms with Gasteiger partial charge in [-0.25, -0.2) is 13.1 Å². The number of amides is 1. The number of likely N-dealkylation sites (tertiary alicyclic amines) is 1. The number of carbonyl (C=O) groups excluding carboxylic acids is 1. The summed E-state index contributed by atoms with van der Waals surface area (Å²) in [5.41, 5.74) is 7.38. The second kappa shape index (κ2) is 7.67. The largest absolute Gasteiger partial charge is 0.482 e. The van der Waals surface area contributed by atoms with Crippen LogP contribution in [-0.2, 0) is 14.8 Å². The van der Waals surface area contributed by atoms with Crippen LogP contribution in [0.2, 0.25) is 0 Å². The molecule has 1 aliphatic rings. The van der Waals surface area contributed by atoms with Crippen molar-refractivity contribution in [1.29, 1.82) is 0 Å². The highest BCUT2D eigenvalue weighted by molar-refractivity contribution is 7.92. The average Bonchev–Trinajstić information content (AvgIpc) is 2.54. The van der Waals surface area contributed by atoms with Crippen LogP contribution in [0.4, 0.5) is 5.69 Å². The number of hydrogen-bond acceptors (Lipinski definition) is 5. The van der Waals surface area contributed by atoms with Gasteiger partial charge in [0.05, 0.1) is 5.69 Å². The zero-order valence-corrected chi connectivity index (χ0v) is 14.5. The Morgan fingerprint density at radius 3 is 2.71 bits per heavy atom. The van der Waals surface area contributed by atoms with Gasteiger partial charge in [-0.05, 0) is 37.5 Å². The molecule has 1 aromatic rings. The first kappa shape index (κ1) is 18.3. The SMILES string of the molecule is C=CS(=O)(=O)NC1CCN(C(=O)COc2ccc(C)cc2N)CC1. The molecule has 1 amide bonds. The standard InChI is InChI=1S/C16H23N3O4S/c1-3-24(21,22)18-13-6-8-19(9-7-13)16(20)11-23-15-5-4-12(2)10-14(15)17/h3-5,10,13,18H,1,6-9,11,17H2,2H3. The van der Waals surface area contributed by atoms with Crippen LogP contribution in [0.15, 0.2) is 30.2 Å². The molecule has 0 aromatic heterocycles. The molecule has 1 fully saturated rings. The lowest BCUT2D eigenvalue weighted by Crippen LogP contribution is -2.47. The molecule has 24 heavy (non-hydrogen) atoms. The van der Waals surface area contributed by atoms with E-state index in [0.717, 1.165) is 11.0 Å². The molecule has 0 atom stereocenters. The number of rotatable bonds is 6. The second-order valence-electron chi connectivity index (χ2n) is 5.81. The number of sulfonamides is 1. The van der Waals surface area contributed by atoms with E-state index in [2.05, 4.69) is 11.3 Å². The number of ether oxygens (including phenoxy) is 1. The Balaban J connectivity index is 1.81. The maximum Gasteiger partial charge on any atom is 0.260 e. The minimum Gasteiger partial charge on any atom is -0.482 e. The van der Waals surface area contributed by atoms with E-state index < -0.39 is 10.0 Å². The summed E-state index contributed by atoms with van der Waals surface area (Å²) in [4.78, 5) is 13.9. The van der Waals surface area contributed by atoms with Gasteiger partial charge in [0, 0.05) is 24.5 Å². The first-order chi connectivity index (χ1) is 11.3. The third kappa shape index (κ3) is 4.97. The van der Waals surface area contributed by atoms with Crippen LogP contribution < -0.4 is 15.2 Å². The number of hydrogen-bond donors (Lipinski definition) is 2. The van der Waals surface area contributed by atoms with Crippen molar-refractivity contribution in [3.63, 3.8) is 0 Å². The maximum atomic E-state index is 12.2. The lowest BCUT2D eigenvalue weighted by Gasteiger charge is -2.32. The summed E-state index contributed by atoms with van der Waals surface area (Å²) in [6.07, 6.45) is 1.12. The molecular weight excluding hydrogens is 330 g/mol. The van der Waals surface area contributed by atoms with E-state index in [-0.39, 0.29) is 18.6 Å². The van der Waals surface area contributed by atoms with E-state index in [1.807, 2.05) is 13.0 Å². The van der Waals surface area contributed by atoms with Crippen LogP contribution in [0.3, 0.4) is 0 Å². The smallest absolute Gasteiger partial charge is 0.260 e. The molecule has 1 aromatic carbocycles. The van der Waals surface area contributed by atoms with E-state index in [4.69, 9.17) is 10.5 Å². The number of benzene rings is 1. The molecule has 8 heteroatoms. The van der Waals surface area contributed by atoms with Crippen molar-refractivity contribution in [2.24, 2.45) is 0 Å². The van der Waals surface area contributed by atoms with Crippen molar-refractivity contribution in [3.8, 4) is 5.75 Å². The molecule has 1 aliphatic heterocycles. The third-order valence-corrected chi connectivity index (χ3v) is 5.02. The number of anilines is 1. The summed E-state index contributed by atoms with van der Waals surface area (Å²) in [6.45, 7) is 6.07. The summed E-state index contributed by atoms with van der Waals surface area (Å²) in [7, 11) is -3.44. The van der Waals surface area contributed by atoms with Crippen LogP contribution in [0, 0.1) is 6.92 Å². The lowest BCUT2D eigenvalue weighted by atomic mass is 10.1. The molecule has 1 heterocycles. The molecule has 0 saturated carbocycles. The minimum absolute atomic E-state index is 0.0870. The number of nitrogens with one attached hydrogen (secondary N) is 1. The molecular formula is C16H23N3O4S. The number of carbonyl (C=O) groups is 1. The Morgan fingerprint density at radius 1 is 1.46 bits per heavy atom. The summed E-state index contributed by atoms with van der Waals surface area (Å²) >= 11 is 0. The predicted octanol–water partition coefficient (Wildman–Crippen LogP) is 1.01. The Bertz CT molecular complexity index is 710. The molecule has 0 unspecified atom stereocenters. The van der Waals surface area contributed by atoms with Crippen molar-refractivity contribution >= 4 is 21.6 Å². The van der Waals surface area contributed by atoms with Crippen LogP contribution >= 0.6 is 0 Å². The van der Waals surface area contributed by atoms with Gasteiger partial charge in [0.1, 0.15) is 5.75 Å². The number of nitrogens with zero attached hydrogens (tertiary/aromatic N) is 1. The molecule has 0 spiro atoms. The second-order valence-corrected chi connectivity index (χ2v) is 7.47. The highest BCUT2D eigenvalue weighted by Gasteiger charge is 2.25. The minimum atomic E-state index is -3.44. The van der Waals surface area contributed by atoms with Gasteiger partial charge in [0.25, 0.3) is 5.91 Å². The van der Waals surface area contributed by atoms with Gasteiger partial charge >= 0.3 is 0 Å². The van der Waals surface area contributed by atoms with E-state index in [1.165, 1.54) is 0 Å². The molecule has 7 nitrogen and oxygen atoms in total. The van der Waals surface area contributed by atoms with Crippen LogP contribution in [-0.4, -0.2) is 45.0 Å². The van der Waals surface area contributed by atoms with Gasteiger partial charge in [-0.15, -0.1) is 0 Å². The van der Waals surface area contributed by atoms with Gasteiger partial charge < -0.3 is 15.4 Å². The number of nitrogen functional groups attached to an aromatic ring is 1. The van der Waals surface area contributed by atoms with E-state index >= 15 is 0 Å². The zero-order chi connectivity index (χ0) is 17.7. The normalized spacial score (nSPS) is 16.0. The van der Waals surface area contributed by atoms with Crippen LogP contribution in [0.1, 0.15) is 18.4 Å². The maximum absolute atomic E-state index is 12.2. The summed E-state index contributed by atoms with van der Waals surface area (Å²) in [5, 5.41) is 0.893. The fraction of sp³-hybridized carbons (Fsp3) is 0.438. The molecule has 0 bridgehead atoms. The van der Waals surface area contributed by atoms with Gasteiger partial charge in [0.15, 0.2) is 6.61 Å². The molecule has 2 rings (SSSR count). The number of nitrogens with two attached hydrogens (primary N) is 1. The Kier molecular flexibility index (Phi) is 5.84. The van der Waals surface area contributed by atoms with E-state index in [9.17, 15) is 13.2 Å². The van der Waals surface area contributed by atoms with Gasteiger partial charge in [0.2, 0.25) is 10.0 Å². The molecule has 0 aliphatic carbocycles. The average molecular weight is 353 g/mol. The van der Waals surface area contributed by atoms with Crippen LogP contribution in [0.25, 0.3) is 0 Å². The Hall–Kier alpha value is -2.06. The number of aryl methyl sites for hydroxylation is 1.